The Kier molecular flexibility index (Phi) is 5.28. The van der Waals surface area contributed by atoms with Gasteiger partial charge in [0.25, 0.3) is 0 Å². The molecule has 0 unspecified atom stereocenters. The first-order valence-electron chi connectivity index (χ1n) is 5.91. The van der Waals surface area contributed by atoms with E-state index in [0.717, 1.165) is 11.1 Å². The highest BCUT2D eigenvalue weighted by molar-refractivity contribution is 6.42. The molecule has 0 saturated heterocycles. The Balaban J connectivity index is 2.21. The lowest BCUT2D eigenvalue weighted by atomic mass is 10.2. The Morgan fingerprint density at radius 1 is 1.05 bits per heavy atom. The molecule has 21 heavy (non-hydrogen) atoms. The van der Waals surface area contributed by atoms with Crippen molar-refractivity contribution in [2.75, 3.05) is 0 Å². The molecule has 0 aliphatic heterocycles. The van der Waals surface area contributed by atoms with E-state index in [1.54, 1.807) is 30.3 Å². The number of halogens is 3. The molecule has 2 aromatic rings. The summed E-state index contributed by atoms with van der Waals surface area (Å²) in [7, 11) is 0. The molecule has 2 rings (SSSR count). The van der Waals surface area contributed by atoms with Gasteiger partial charge >= 0.3 is 5.69 Å². The monoisotopic (exact) mass is 345 g/mol. The molecule has 4 nitrogen and oxygen atoms in total. The van der Waals surface area contributed by atoms with Gasteiger partial charge in [-0.15, -0.1) is 11.6 Å². The summed E-state index contributed by atoms with van der Waals surface area (Å²) < 4.78 is 5.52. The van der Waals surface area contributed by atoms with Crippen LogP contribution >= 0.6 is 34.8 Å². The molecule has 0 radical (unpaired) electrons. The number of hydrogen-bond acceptors (Lipinski definition) is 3. The SMILES string of the molecule is O=[N+]([O-])c1ccc(CCl)cc1OCc1ccc(Cl)c(Cl)c1. The van der Waals surface area contributed by atoms with E-state index in [-0.39, 0.29) is 23.9 Å². The number of nitrogens with zero attached hydrogens (tertiary/aromatic N) is 1. The molecule has 0 bridgehead atoms. The summed E-state index contributed by atoms with van der Waals surface area (Å²) >= 11 is 17.5. The van der Waals surface area contributed by atoms with Gasteiger partial charge in [-0.25, -0.2) is 0 Å². The molecule has 2 aromatic carbocycles. The van der Waals surface area contributed by atoms with E-state index in [9.17, 15) is 10.1 Å². The van der Waals surface area contributed by atoms with Crippen LogP contribution in [0.3, 0.4) is 0 Å². The standard InChI is InChI=1S/C14H10Cl3NO3/c15-7-9-2-4-13(18(19)20)14(6-9)21-8-10-1-3-11(16)12(17)5-10/h1-6H,7-8H2. The molecule has 110 valence electrons. The third-order valence-electron chi connectivity index (χ3n) is 2.75. The molecule has 7 heteroatoms. The lowest BCUT2D eigenvalue weighted by molar-refractivity contribution is -0.386. The van der Waals surface area contributed by atoms with Crippen LogP contribution in [0.5, 0.6) is 5.75 Å². The van der Waals surface area contributed by atoms with Crippen molar-refractivity contribution in [1.29, 1.82) is 0 Å². The number of ether oxygens (including phenoxy) is 1. The zero-order chi connectivity index (χ0) is 15.4. The second-order valence-corrected chi connectivity index (χ2v) is 5.31. The van der Waals surface area contributed by atoms with Crippen LogP contribution in [0.2, 0.25) is 10.0 Å². The average molecular weight is 347 g/mol. The average Bonchev–Trinajstić information content (AvgIpc) is 2.48. The Morgan fingerprint density at radius 2 is 1.76 bits per heavy atom. The molecule has 0 aromatic heterocycles. The van der Waals surface area contributed by atoms with E-state index in [4.69, 9.17) is 39.5 Å². The largest absolute Gasteiger partial charge is 0.482 e. The van der Waals surface area contributed by atoms with Crippen molar-refractivity contribution in [2.45, 2.75) is 12.5 Å². The summed E-state index contributed by atoms with van der Waals surface area (Å²) in [4.78, 5) is 10.5. The van der Waals surface area contributed by atoms with Crippen LogP contribution in [-0.2, 0) is 12.5 Å². The second kappa shape index (κ2) is 6.98. The van der Waals surface area contributed by atoms with Crippen molar-refractivity contribution in [3.8, 4) is 5.75 Å². The molecule has 0 saturated carbocycles. The van der Waals surface area contributed by atoms with Gasteiger partial charge in [-0.05, 0) is 29.3 Å². The molecule has 0 spiro atoms. The first-order chi connectivity index (χ1) is 10.0. The summed E-state index contributed by atoms with van der Waals surface area (Å²) in [5.74, 6) is 0.422. The summed E-state index contributed by atoms with van der Waals surface area (Å²) in [5.41, 5.74) is 1.39. The van der Waals surface area contributed by atoms with Crippen LogP contribution in [0, 0.1) is 10.1 Å². The molecule has 0 atom stereocenters. The van der Waals surface area contributed by atoms with Crippen molar-refractivity contribution in [3.05, 3.63) is 67.7 Å². The van der Waals surface area contributed by atoms with Crippen molar-refractivity contribution in [3.63, 3.8) is 0 Å². The highest BCUT2D eigenvalue weighted by atomic mass is 35.5. The lowest BCUT2D eigenvalue weighted by Gasteiger charge is -2.09. The summed E-state index contributed by atoms with van der Waals surface area (Å²) in [6, 6.07) is 9.57. The number of rotatable bonds is 5. The van der Waals surface area contributed by atoms with Crippen molar-refractivity contribution in [2.24, 2.45) is 0 Å². The predicted octanol–water partition coefficient (Wildman–Crippen LogP) is 5.22. The zero-order valence-corrected chi connectivity index (χ0v) is 13.0. The van der Waals surface area contributed by atoms with Gasteiger partial charge in [0.05, 0.1) is 15.0 Å². The molecule has 0 amide bonds. The van der Waals surface area contributed by atoms with E-state index in [1.165, 1.54) is 6.07 Å². The second-order valence-electron chi connectivity index (χ2n) is 4.23. The zero-order valence-electron chi connectivity index (χ0n) is 10.7. The number of benzene rings is 2. The highest BCUT2D eigenvalue weighted by Crippen LogP contribution is 2.30. The van der Waals surface area contributed by atoms with Gasteiger partial charge in [-0.1, -0.05) is 35.3 Å². The molecule has 0 N–H and O–H groups in total. The smallest absolute Gasteiger partial charge is 0.310 e. The Bertz CT molecular complexity index is 677. The minimum Gasteiger partial charge on any atom is -0.482 e. The topological polar surface area (TPSA) is 52.4 Å². The molecular formula is C14H10Cl3NO3. The van der Waals surface area contributed by atoms with Crippen LogP contribution < -0.4 is 4.74 Å². The summed E-state index contributed by atoms with van der Waals surface area (Å²) in [5, 5.41) is 11.8. The van der Waals surface area contributed by atoms with E-state index in [0.29, 0.717) is 10.0 Å². The maximum Gasteiger partial charge on any atom is 0.310 e. The van der Waals surface area contributed by atoms with Crippen molar-refractivity contribution >= 4 is 40.5 Å². The van der Waals surface area contributed by atoms with Crippen molar-refractivity contribution in [1.82, 2.24) is 0 Å². The number of alkyl halides is 1. The number of hydrogen-bond donors (Lipinski definition) is 0. The molecule has 0 aliphatic rings. The minimum atomic E-state index is -0.498. The quantitative estimate of drug-likeness (QED) is 0.424. The van der Waals surface area contributed by atoms with Gasteiger partial charge in [0.2, 0.25) is 0 Å². The number of nitro groups is 1. The molecule has 0 fully saturated rings. The maximum atomic E-state index is 11.0. The van der Waals surface area contributed by atoms with E-state index < -0.39 is 4.92 Å². The van der Waals surface area contributed by atoms with Gasteiger partial charge in [0.1, 0.15) is 6.61 Å². The Morgan fingerprint density at radius 3 is 2.38 bits per heavy atom. The molecule has 0 aliphatic carbocycles. The van der Waals surface area contributed by atoms with Crippen LogP contribution in [0.4, 0.5) is 5.69 Å². The minimum absolute atomic E-state index is 0.107. The fourth-order valence-corrected chi connectivity index (χ4v) is 2.19. The van der Waals surface area contributed by atoms with Crippen LogP contribution in [0.15, 0.2) is 36.4 Å². The van der Waals surface area contributed by atoms with E-state index in [1.807, 2.05) is 0 Å². The Hall–Kier alpha value is -1.49. The fourth-order valence-electron chi connectivity index (χ4n) is 1.70. The highest BCUT2D eigenvalue weighted by Gasteiger charge is 2.15. The van der Waals surface area contributed by atoms with Crippen LogP contribution in [0.1, 0.15) is 11.1 Å². The van der Waals surface area contributed by atoms with E-state index >= 15 is 0 Å². The fraction of sp³-hybridized carbons (Fsp3) is 0.143. The van der Waals surface area contributed by atoms with Gasteiger partial charge in [0.15, 0.2) is 5.75 Å². The maximum absolute atomic E-state index is 11.0. The predicted molar refractivity (Wildman–Crippen MR) is 83.4 cm³/mol. The lowest BCUT2D eigenvalue weighted by Crippen LogP contribution is -2.00. The first kappa shape index (κ1) is 15.9. The van der Waals surface area contributed by atoms with Crippen LogP contribution in [0.25, 0.3) is 0 Å². The molecular weight excluding hydrogens is 337 g/mol. The third-order valence-corrected chi connectivity index (χ3v) is 3.80. The number of nitro benzene ring substituents is 1. The van der Waals surface area contributed by atoms with Gasteiger partial charge in [0, 0.05) is 11.9 Å². The normalized spacial score (nSPS) is 10.4. The van der Waals surface area contributed by atoms with Gasteiger partial charge < -0.3 is 4.74 Å². The third kappa shape index (κ3) is 4.00. The summed E-state index contributed by atoms with van der Waals surface area (Å²) in [6.07, 6.45) is 0. The van der Waals surface area contributed by atoms with Gasteiger partial charge in [-0.3, -0.25) is 10.1 Å². The van der Waals surface area contributed by atoms with Crippen LogP contribution in [-0.4, -0.2) is 4.92 Å². The van der Waals surface area contributed by atoms with E-state index in [2.05, 4.69) is 0 Å². The first-order valence-corrected chi connectivity index (χ1v) is 7.20. The summed E-state index contributed by atoms with van der Waals surface area (Å²) in [6.45, 7) is 0.142. The molecule has 0 heterocycles. The van der Waals surface area contributed by atoms with Gasteiger partial charge in [-0.2, -0.15) is 0 Å². The van der Waals surface area contributed by atoms with Crippen molar-refractivity contribution < 1.29 is 9.66 Å². The Labute approximate surface area is 136 Å².